The Hall–Kier alpha value is 2.22. The van der Waals surface area contributed by atoms with E-state index < -0.39 is 0 Å². The zero-order valence-corrected chi connectivity index (χ0v) is 16.7. The first-order valence-corrected chi connectivity index (χ1v) is 6.26. The molecule has 0 amide bonds. The van der Waals surface area contributed by atoms with Gasteiger partial charge in [0.05, 0.1) is 0 Å². The Morgan fingerprint density at radius 3 is 1.50 bits per heavy atom. The van der Waals surface area contributed by atoms with Crippen molar-refractivity contribution in [1.29, 1.82) is 0 Å². The molecule has 0 aromatic carbocycles. The first-order chi connectivity index (χ1) is 6.56. The maximum Gasteiger partial charge on any atom is 0 e. The van der Waals surface area contributed by atoms with Crippen molar-refractivity contribution < 1.29 is 19.5 Å². The van der Waals surface area contributed by atoms with E-state index >= 15 is 0 Å². The molecule has 95 valence electrons. The van der Waals surface area contributed by atoms with Crippen LogP contribution < -0.4 is 5.73 Å². The second-order valence-electron chi connectivity index (χ2n) is 5.57. The average molecular weight is 340 g/mol. The van der Waals surface area contributed by atoms with Crippen molar-refractivity contribution in [2.75, 3.05) is 6.54 Å². The average Bonchev–Trinajstić information content (AvgIpc) is 2.08. The zero-order valence-electron chi connectivity index (χ0n) is 11.8. The van der Waals surface area contributed by atoms with Crippen molar-refractivity contribution in [3.8, 4) is 0 Å². The van der Waals surface area contributed by atoms with Gasteiger partial charge in [0.1, 0.15) is 0 Å². The SMILES string of the molecule is CC(C)(C)CCCCCCCCCN.[K].[Ru]. The topological polar surface area (TPSA) is 26.0 Å². The number of unbranched alkanes of at least 4 members (excludes halogenated alkanes) is 6. The summed E-state index contributed by atoms with van der Waals surface area (Å²) in [6.07, 6.45) is 10.9. The van der Waals surface area contributed by atoms with Gasteiger partial charge in [-0.15, -0.1) is 0 Å². The molecule has 2 N–H and O–H groups in total. The third kappa shape index (κ3) is 21.5. The summed E-state index contributed by atoms with van der Waals surface area (Å²) in [4.78, 5) is 0. The van der Waals surface area contributed by atoms with Crippen LogP contribution in [0.5, 0.6) is 0 Å². The summed E-state index contributed by atoms with van der Waals surface area (Å²) < 4.78 is 0. The van der Waals surface area contributed by atoms with E-state index in [0.29, 0.717) is 5.41 Å². The van der Waals surface area contributed by atoms with Crippen molar-refractivity contribution in [3.05, 3.63) is 0 Å². The molecule has 3 heteroatoms. The van der Waals surface area contributed by atoms with Gasteiger partial charge in [0, 0.05) is 70.9 Å². The van der Waals surface area contributed by atoms with Gasteiger partial charge in [-0.2, -0.15) is 0 Å². The molecule has 0 atom stereocenters. The van der Waals surface area contributed by atoms with Gasteiger partial charge in [-0.25, -0.2) is 0 Å². The molecule has 0 saturated carbocycles. The molecular formula is C13H29KNRu. The van der Waals surface area contributed by atoms with Gasteiger partial charge in [-0.05, 0) is 24.8 Å². The van der Waals surface area contributed by atoms with Crippen LogP contribution >= 0.6 is 0 Å². The monoisotopic (exact) mass is 340 g/mol. The van der Waals surface area contributed by atoms with Crippen LogP contribution in [0.15, 0.2) is 0 Å². The molecule has 0 unspecified atom stereocenters. The van der Waals surface area contributed by atoms with Gasteiger partial charge in [-0.3, -0.25) is 0 Å². The fraction of sp³-hybridized carbons (Fsp3) is 1.00. The number of hydrogen-bond donors (Lipinski definition) is 1. The summed E-state index contributed by atoms with van der Waals surface area (Å²) in [5, 5.41) is 0. The predicted octanol–water partition coefficient (Wildman–Crippen LogP) is 3.73. The molecule has 1 nitrogen and oxygen atoms in total. The van der Waals surface area contributed by atoms with Gasteiger partial charge in [0.25, 0.3) is 0 Å². The quantitative estimate of drug-likeness (QED) is 0.529. The summed E-state index contributed by atoms with van der Waals surface area (Å²) in [6.45, 7) is 7.85. The molecule has 16 heavy (non-hydrogen) atoms. The molecule has 0 aliphatic rings. The molecular weight excluding hydrogens is 310 g/mol. The third-order valence-corrected chi connectivity index (χ3v) is 2.63. The van der Waals surface area contributed by atoms with Crippen molar-refractivity contribution in [3.63, 3.8) is 0 Å². The van der Waals surface area contributed by atoms with E-state index in [1.807, 2.05) is 0 Å². The maximum atomic E-state index is 5.44. The Labute approximate surface area is 158 Å². The van der Waals surface area contributed by atoms with E-state index in [-0.39, 0.29) is 70.9 Å². The van der Waals surface area contributed by atoms with Crippen molar-refractivity contribution >= 4 is 51.4 Å². The molecule has 0 saturated heterocycles. The molecule has 0 heterocycles. The number of nitrogens with two attached hydrogens (primary N) is 1. The van der Waals surface area contributed by atoms with Crippen LogP contribution in [0.2, 0.25) is 0 Å². The third-order valence-electron chi connectivity index (χ3n) is 2.63. The zero-order chi connectivity index (χ0) is 10.9. The molecule has 0 fully saturated rings. The molecule has 1 radical (unpaired) electrons. The minimum absolute atomic E-state index is 0. The van der Waals surface area contributed by atoms with Crippen LogP contribution in [0.4, 0.5) is 0 Å². The first-order valence-electron chi connectivity index (χ1n) is 6.26. The Morgan fingerprint density at radius 2 is 1.12 bits per heavy atom. The van der Waals surface area contributed by atoms with Gasteiger partial charge in [0.15, 0.2) is 0 Å². The predicted molar refractivity (Wildman–Crippen MR) is 71.2 cm³/mol. The molecule has 0 aromatic heterocycles. The van der Waals surface area contributed by atoms with Gasteiger partial charge in [-0.1, -0.05) is 59.3 Å². The van der Waals surface area contributed by atoms with Gasteiger partial charge in [0.2, 0.25) is 0 Å². The van der Waals surface area contributed by atoms with Crippen LogP contribution in [0.25, 0.3) is 0 Å². The molecule has 0 aromatic rings. The Kier molecular flexibility index (Phi) is 22.3. The summed E-state index contributed by atoms with van der Waals surface area (Å²) in [6, 6.07) is 0. The Balaban J connectivity index is -0.000000845. The maximum absolute atomic E-state index is 5.44. The molecule has 0 aliphatic heterocycles. The second kappa shape index (κ2) is 15.3. The van der Waals surface area contributed by atoms with Crippen LogP contribution in [0.3, 0.4) is 0 Å². The summed E-state index contributed by atoms with van der Waals surface area (Å²) in [7, 11) is 0. The standard InChI is InChI=1S/C13H29N.K.Ru/c1-13(2,3)11-9-7-5-4-6-8-10-12-14;;/h4-12,14H2,1-3H3;;. The molecule has 0 spiro atoms. The van der Waals surface area contributed by atoms with E-state index in [4.69, 9.17) is 5.73 Å². The van der Waals surface area contributed by atoms with E-state index in [2.05, 4.69) is 20.8 Å². The van der Waals surface area contributed by atoms with E-state index in [0.717, 1.165) is 6.54 Å². The van der Waals surface area contributed by atoms with Crippen molar-refractivity contribution in [2.24, 2.45) is 11.1 Å². The minimum atomic E-state index is 0. The van der Waals surface area contributed by atoms with E-state index in [1.54, 1.807) is 0 Å². The van der Waals surface area contributed by atoms with Crippen LogP contribution in [0, 0.1) is 5.41 Å². The Bertz CT molecular complexity index is 124. The smallest absolute Gasteiger partial charge is 0 e. The summed E-state index contributed by atoms with van der Waals surface area (Å²) in [5.41, 5.74) is 5.97. The van der Waals surface area contributed by atoms with Crippen LogP contribution in [-0.2, 0) is 19.5 Å². The summed E-state index contributed by atoms with van der Waals surface area (Å²) in [5.74, 6) is 0. The molecule has 0 aliphatic carbocycles. The Morgan fingerprint density at radius 1 is 0.750 bits per heavy atom. The number of hydrogen-bond acceptors (Lipinski definition) is 1. The van der Waals surface area contributed by atoms with E-state index in [1.165, 1.54) is 51.4 Å². The van der Waals surface area contributed by atoms with Gasteiger partial charge < -0.3 is 5.73 Å². The summed E-state index contributed by atoms with van der Waals surface area (Å²) >= 11 is 0. The molecule has 0 rings (SSSR count). The normalized spacial score (nSPS) is 10.5. The molecule has 0 bridgehead atoms. The largest absolute Gasteiger partial charge is 0.330 e. The van der Waals surface area contributed by atoms with Crippen molar-refractivity contribution in [2.45, 2.75) is 72.1 Å². The van der Waals surface area contributed by atoms with Crippen LogP contribution in [0.1, 0.15) is 72.1 Å². The minimum Gasteiger partial charge on any atom is -0.330 e. The van der Waals surface area contributed by atoms with Crippen molar-refractivity contribution in [1.82, 2.24) is 0 Å². The fourth-order valence-corrected chi connectivity index (χ4v) is 1.68. The fourth-order valence-electron chi connectivity index (χ4n) is 1.68. The van der Waals surface area contributed by atoms with E-state index in [9.17, 15) is 0 Å². The first kappa shape index (κ1) is 23.3. The number of rotatable bonds is 8. The van der Waals surface area contributed by atoms with Crippen LogP contribution in [-0.4, -0.2) is 57.9 Å². The van der Waals surface area contributed by atoms with Gasteiger partial charge >= 0.3 is 0 Å². The second-order valence-corrected chi connectivity index (χ2v) is 5.57.